The first kappa shape index (κ1) is 14.0. The minimum atomic E-state index is 0.341. The molecular formula is C16H24O. The summed E-state index contributed by atoms with van der Waals surface area (Å²) in [7, 11) is 0. The van der Waals surface area contributed by atoms with Gasteiger partial charge in [-0.25, -0.2) is 0 Å². The number of aryl methyl sites for hydroxylation is 1. The number of rotatable bonds is 7. The molecule has 0 aromatic heterocycles. The Bertz CT molecular complexity index is 355. The van der Waals surface area contributed by atoms with Crippen molar-refractivity contribution in [2.45, 2.75) is 52.7 Å². The summed E-state index contributed by atoms with van der Waals surface area (Å²) < 4.78 is 5.88. The highest BCUT2D eigenvalue weighted by molar-refractivity contribution is 5.52. The van der Waals surface area contributed by atoms with Gasteiger partial charge in [-0.3, -0.25) is 0 Å². The van der Waals surface area contributed by atoms with Crippen LogP contribution < -0.4 is 0 Å². The van der Waals surface area contributed by atoms with Crippen molar-refractivity contribution in [3.63, 3.8) is 0 Å². The van der Waals surface area contributed by atoms with E-state index in [1.807, 2.05) is 6.08 Å². The first-order valence-electron chi connectivity index (χ1n) is 6.51. The maximum absolute atomic E-state index is 5.88. The van der Waals surface area contributed by atoms with E-state index in [0.717, 1.165) is 6.42 Å². The van der Waals surface area contributed by atoms with Crippen molar-refractivity contribution in [1.29, 1.82) is 0 Å². The molecule has 0 radical (unpaired) electrons. The molecule has 0 bridgehead atoms. The molecule has 0 aliphatic heterocycles. The normalized spacial score (nSPS) is 12.4. The van der Waals surface area contributed by atoms with Gasteiger partial charge in [-0.1, -0.05) is 56.2 Å². The van der Waals surface area contributed by atoms with Gasteiger partial charge in [0.2, 0.25) is 0 Å². The number of benzene rings is 1. The molecule has 0 amide bonds. The van der Waals surface area contributed by atoms with Crippen molar-refractivity contribution in [3.05, 3.63) is 41.5 Å². The lowest BCUT2D eigenvalue weighted by Crippen LogP contribution is -2.08. The van der Waals surface area contributed by atoms with E-state index in [0.29, 0.717) is 12.7 Å². The molecule has 1 heteroatoms. The number of ether oxygens (including phenoxy) is 1. The Morgan fingerprint density at radius 1 is 1.41 bits per heavy atom. The van der Waals surface area contributed by atoms with Gasteiger partial charge >= 0.3 is 0 Å². The molecule has 17 heavy (non-hydrogen) atoms. The van der Waals surface area contributed by atoms with Crippen LogP contribution in [-0.4, -0.2) is 6.10 Å². The van der Waals surface area contributed by atoms with Crippen LogP contribution in [0.15, 0.2) is 24.8 Å². The van der Waals surface area contributed by atoms with E-state index < -0.39 is 0 Å². The van der Waals surface area contributed by atoms with Gasteiger partial charge in [-0.2, -0.15) is 0 Å². The summed E-state index contributed by atoms with van der Waals surface area (Å²) in [5.74, 6) is 0. The van der Waals surface area contributed by atoms with Gasteiger partial charge < -0.3 is 4.74 Å². The number of hydrogen-bond donors (Lipinski definition) is 0. The zero-order valence-electron chi connectivity index (χ0n) is 11.3. The lowest BCUT2D eigenvalue weighted by Gasteiger charge is -2.14. The fourth-order valence-electron chi connectivity index (χ4n) is 1.87. The molecule has 0 saturated heterocycles. The van der Waals surface area contributed by atoms with Gasteiger partial charge in [-0.15, -0.1) is 0 Å². The monoisotopic (exact) mass is 232 g/mol. The standard InChI is InChI=1S/C16H24O/c1-5-7-8-14(4)17-12-16-11-13(3)9-10-15(16)6-2/h6,9-11,14H,2,5,7-8,12H2,1,3-4H3. The topological polar surface area (TPSA) is 9.23 Å². The smallest absolute Gasteiger partial charge is 0.0726 e. The van der Waals surface area contributed by atoms with Crippen LogP contribution in [-0.2, 0) is 11.3 Å². The van der Waals surface area contributed by atoms with E-state index in [9.17, 15) is 0 Å². The molecule has 0 N–H and O–H groups in total. The van der Waals surface area contributed by atoms with E-state index >= 15 is 0 Å². The van der Waals surface area contributed by atoms with Crippen LogP contribution in [0.2, 0.25) is 0 Å². The van der Waals surface area contributed by atoms with Crippen LogP contribution in [0.4, 0.5) is 0 Å². The molecule has 1 atom stereocenters. The first-order chi connectivity index (χ1) is 8.17. The van der Waals surface area contributed by atoms with Crippen LogP contribution >= 0.6 is 0 Å². The summed E-state index contributed by atoms with van der Waals surface area (Å²) in [6, 6.07) is 6.41. The second kappa shape index (κ2) is 7.29. The van der Waals surface area contributed by atoms with Crippen molar-refractivity contribution >= 4 is 6.08 Å². The van der Waals surface area contributed by atoms with Gasteiger partial charge in [0.25, 0.3) is 0 Å². The second-order valence-electron chi connectivity index (χ2n) is 4.67. The molecule has 1 aromatic rings. The fourth-order valence-corrected chi connectivity index (χ4v) is 1.87. The Morgan fingerprint density at radius 2 is 2.18 bits per heavy atom. The van der Waals surface area contributed by atoms with Crippen molar-refractivity contribution in [3.8, 4) is 0 Å². The Kier molecular flexibility index (Phi) is 5.99. The third kappa shape index (κ3) is 4.74. The van der Waals surface area contributed by atoms with Gasteiger partial charge in [0.15, 0.2) is 0 Å². The highest BCUT2D eigenvalue weighted by Gasteiger charge is 2.04. The molecule has 1 rings (SSSR count). The highest BCUT2D eigenvalue weighted by Crippen LogP contribution is 2.16. The molecule has 1 aromatic carbocycles. The van der Waals surface area contributed by atoms with Crippen molar-refractivity contribution in [1.82, 2.24) is 0 Å². The summed E-state index contributed by atoms with van der Waals surface area (Å²) in [4.78, 5) is 0. The Hall–Kier alpha value is -1.08. The average Bonchev–Trinajstić information content (AvgIpc) is 2.34. The molecule has 0 spiro atoms. The van der Waals surface area contributed by atoms with Gasteiger partial charge in [0.05, 0.1) is 12.7 Å². The Labute approximate surface area is 106 Å². The van der Waals surface area contributed by atoms with Crippen molar-refractivity contribution < 1.29 is 4.74 Å². The van der Waals surface area contributed by atoms with Crippen LogP contribution in [0.1, 0.15) is 49.8 Å². The molecule has 0 aliphatic rings. The zero-order valence-corrected chi connectivity index (χ0v) is 11.3. The van der Waals surface area contributed by atoms with E-state index in [-0.39, 0.29) is 0 Å². The summed E-state index contributed by atoms with van der Waals surface area (Å²) in [5.41, 5.74) is 3.69. The van der Waals surface area contributed by atoms with Crippen LogP contribution in [0.3, 0.4) is 0 Å². The van der Waals surface area contributed by atoms with Gasteiger partial charge in [-0.05, 0) is 31.4 Å². The van der Waals surface area contributed by atoms with E-state index in [4.69, 9.17) is 4.74 Å². The molecule has 0 saturated carbocycles. The largest absolute Gasteiger partial charge is 0.374 e. The Morgan fingerprint density at radius 3 is 2.82 bits per heavy atom. The zero-order chi connectivity index (χ0) is 12.7. The third-order valence-corrected chi connectivity index (χ3v) is 3.01. The molecule has 1 unspecified atom stereocenters. The second-order valence-corrected chi connectivity index (χ2v) is 4.67. The minimum absolute atomic E-state index is 0.341. The molecular weight excluding hydrogens is 208 g/mol. The predicted molar refractivity (Wildman–Crippen MR) is 75.0 cm³/mol. The first-order valence-corrected chi connectivity index (χ1v) is 6.51. The average molecular weight is 232 g/mol. The lowest BCUT2D eigenvalue weighted by molar-refractivity contribution is 0.0461. The Balaban J connectivity index is 2.55. The van der Waals surface area contributed by atoms with E-state index in [1.54, 1.807) is 0 Å². The van der Waals surface area contributed by atoms with Crippen LogP contribution in [0, 0.1) is 6.92 Å². The number of unbranched alkanes of at least 4 members (excludes halogenated alkanes) is 1. The lowest BCUT2D eigenvalue weighted by atomic mass is 10.1. The minimum Gasteiger partial charge on any atom is -0.374 e. The number of hydrogen-bond acceptors (Lipinski definition) is 1. The maximum atomic E-state index is 5.88. The molecule has 94 valence electrons. The molecule has 0 heterocycles. The van der Waals surface area contributed by atoms with Gasteiger partial charge in [0, 0.05) is 0 Å². The maximum Gasteiger partial charge on any atom is 0.0726 e. The quantitative estimate of drug-likeness (QED) is 0.660. The van der Waals surface area contributed by atoms with Crippen molar-refractivity contribution in [2.24, 2.45) is 0 Å². The fraction of sp³-hybridized carbons (Fsp3) is 0.500. The molecule has 1 nitrogen and oxygen atoms in total. The van der Waals surface area contributed by atoms with Crippen molar-refractivity contribution in [2.75, 3.05) is 0 Å². The summed E-state index contributed by atoms with van der Waals surface area (Å²) in [6.07, 6.45) is 5.85. The SMILES string of the molecule is C=Cc1ccc(C)cc1COC(C)CCCC. The molecule has 0 fully saturated rings. The summed E-state index contributed by atoms with van der Waals surface area (Å²) in [5, 5.41) is 0. The summed E-state index contributed by atoms with van der Waals surface area (Å²) in [6.45, 7) is 11.0. The highest BCUT2D eigenvalue weighted by atomic mass is 16.5. The van der Waals surface area contributed by atoms with E-state index in [2.05, 4.69) is 45.5 Å². The van der Waals surface area contributed by atoms with E-state index in [1.165, 1.54) is 29.5 Å². The van der Waals surface area contributed by atoms with Crippen LogP contribution in [0.25, 0.3) is 6.08 Å². The third-order valence-electron chi connectivity index (χ3n) is 3.01. The molecule has 0 aliphatic carbocycles. The predicted octanol–water partition coefficient (Wildman–Crippen LogP) is 4.73. The van der Waals surface area contributed by atoms with Gasteiger partial charge in [0.1, 0.15) is 0 Å². The van der Waals surface area contributed by atoms with Crippen LogP contribution in [0.5, 0.6) is 0 Å². The summed E-state index contributed by atoms with van der Waals surface area (Å²) >= 11 is 0.